The molecule has 27 heavy (non-hydrogen) atoms. The highest BCUT2D eigenvalue weighted by Crippen LogP contribution is 2.30. The Hall–Kier alpha value is -1.73. The van der Waals surface area contributed by atoms with Crippen molar-refractivity contribution in [1.29, 1.82) is 0 Å². The summed E-state index contributed by atoms with van der Waals surface area (Å²) in [4.78, 5) is 2.27. The van der Waals surface area contributed by atoms with Gasteiger partial charge in [0.15, 0.2) is 0 Å². The first-order chi connectivity index (χ1) is 12.3. The van der Waals surface area contributed by atoms with Crippen molar-refractivity contribution in [1.82, 2.24) is 8.87 Å². The van der Waals surface area contributed by atoms with E-state index in [2.05, 4.69) is 4.90 Å². The predicted molar refractivity (Wildman–Crippen MR) is 112 cm³/mol. The quantitative estimate of drug-likeness (QED) is 0.593. The number of hydrogen-bond donors (Lipinski definition) is 0. The third kappa shape index (κ3) is 4.41. The van der Waals surface area contributed by atoms with Crippen LogP contribution in [0.25, 0.3) is 10.9 Å². The second kappa shape index (κ2) is 8.52. The molecule has 0 bridgehead atoms. The lowest BCUT2D eigenvalue weighted by Crippen LogP contribution is -2.15. The van der Waals surface area contributed by atoms with Gasteiger partial charge in [-0.15, -0.1) is 12.4 Å². The van der Waals surface area contributed by atoms with Crippen LogP contribution in [0.5, 0.6) is 5.75 Å². The van der Waals surface area contributed by atoms with Crippen molar-refractivity contribution in [3.05, 3.63) is 59.2 Å². The van der Waals surface area contributed by atoms with Crippen LogP contribution in [0.2, 0.25) is 5.02 Å². The number of benzene rings is 2. The second-order valence-corrected chi connectivity index (χ2v) is 8.60. The number of nitrogens with zero attached hydrogens (tertiary/aromatic N) is 2. The summed E-state index contributed by atoms with van der Waals surface area (Å²) in [6, 6.07) is 11.6. The van der Waals surface area contributed by atoms with E-state index in [9.17, 15) is 8.42 Å². The van der Waals surface area contributed by atoms with Crippen LogP contribution in [0, 0.1) is 0 Å². The van der Waals surface area contributed by atoms with Gasteiger partial charge < -0.3 is 9.64 Å². The monoisotopic (exact) mass is 428 g/mol. The van der Waals surface area contributed by atoms with Gasteiger partial charge in [0.2, 0.25) is 0 Å². The largest absolute Gasteiger partial charge is 0.497 e. The van der Waals surface area contributed by atoms with E-state index in [1.54, 1.807) is 37.6 Å². The predicted octanol–water partition coefficient (Wildman–Crippen LogP) is 4.07. The van der Waals surface area contributed by atoms with E-state index in [0.29, 0.717) is 16.3 Å². The zero-order valence-corrected chi connectivity index (χ0v) is 17.7. The number of hydrogen-bond acceptors (Lipinski definition) is 4. The van der Waals surface area contributed by atoms with Crippen molar-refractivity contribution >= 4 is 44.9 Å². The third-order valence-corrected chi connectivity index (χ3v) is 6.20. The molecule has 0 spiro atoms. The molecule has 0 atom stereocenters. The van der Waals surface area contributed by atoms with Gasteiger partial charge in [-0.05, 0) is 68.5 Å². The third-order valence-electron chi connectivity index (χ3n) is 4.26. The number of fused-ring (bicyclic) bond motifs is 1. The number of rotatable bonds is 6. The summed E-state index contributed by atoms with van der Waals surface area (Å²) in [5.41, 5.74) is 1.60. The molecule has 146 valence electrons. The highest BCUT2D eigenvalue weighted by atomic mass is 35.5. The van der Waals surface area contributed by atoms with E-state index in [0.717, 1.165) is 23.9 Å². The summed E-state index contributed by atoms with van der Waals surface area (Å²) in [7, 11) is 1.86. The minimum Gasteiger partial charge on any atom is -0.497 e. The minimum absolute atomic E-state index is 0. The molecule has 0 saturated heterocycles. The highest BCUT2D eigenvalue weighted by Gasteiger charge is 2.21. The summed E-state index contributed by atoms with van der Waals surface area (Å²) in [6.45, 7) is 0.817. The molecule has 8 heteroatoms. The first-order valence-electron chi connectivity index (χ1n) is 8.17. The van der Waals surface area contributed by atoms with Crippen LogP contribution in [0.15, 0.2) is 53.6 Å². The standard InChI is InChI=1S/C19H21ClN2O3S.ClH/c1-21(2)11-10-14-13-22(19-9-6-16(25-3)12-18(14)19)26(23,24)17-7-4-15(20)5-8-17;/h4-9,12-13H,10-11H2,1-3H3;1H. The Morgan fingerprint density at radius 1 is 1.11 bits per heavy atom. The maximum Gasteiger partial charge on any atom is 0.268 e. The molecule has 3 rings (SSSR count). The summed E-state index contributed by atoms with van der Waals surface area (Å²) in [5, 5.41) is 1.38. The van der Waals surface area contributed by atoms with Gasteiger partial charge in [-0.1, -0.05) is 11.6 Å². The number of aromatic nitrogens is 1. The maximum atomic E-state index is 13.1. The first kappa shape index (κ1) is 21.6. The van der Waals surface area contributed by atoms with Crippen LogP contribution in [-0.4, -0.2) is 45.0 Å². The van der Waals surface area contributed by atoms with E-state index >= 15 is 0 Å². The molecule has 0 saturated carbocycles. The molecule has 0 N–H and O–H groups in total. The Kier molecular flexibility index (Phi) is 6.81. The summed E-state index contributed by atoms with van der Waals surface area (Å²) < 4.78 is 32.9. The molecule has 0 radical (unpaired) electrons. The van der Waals surface area contributed by atoms with Crippen LogP contribution in [0.1, 0.15) is 5.56 Å². The molecule has 0 aliphatic heterocycles. The SMILES string of the molecule is COc1ccc2c(c1)c(CCN(C)C)cn2S(=O)(=O)c1ccc(Cl)cc1.Cl. The summed E-state index contributed by atoms with van der Waals surface area (Å²) in [5.74, 6) is 0.699. The fourth-order valence-corrected chi connectivity index (χ4v) is 4.35. The summed E-state index contributed by atoms with van der Waals surface area (Å²) >= 11 is 5.89. The van der Waals surface area contributed by atoms with E-state index in [4.69, 9.17) is 16.3 Å². The number of ether oxygens (including phenoxy) is 1. The molecular weight excluding hydrogens is 407 g/mol. The number of halogens is 2. The number of likely N-dealkylation sites (N-methyl/N-ethyl adjacent to an activating group) is 1. The van der Waals surface area contributed by atoms with E-state index in [-0.39, 0.29) is 17.3 Å². The molecule has 0 fully saturated rings. The molecule has 1 heterocycles. The van der Waals surface area contributed by atoms with Gasteiger partial charge in [-0.2, -0.15) is 0 Å². The molecule has 1 aromatic heterocycles. The minimum atomic E-state index is -3.72. The van der Waals surface area contributed by atoms with Crippen molar-refractivity contribution in [2.45, 2.75) is 11.3 Å². The van der Waals surface area contributed by atoms with Crippen LogP contribution in [0.3, 0.4) is 0 Å². The molecule has 3 aromatic rings. The fourth-order valence-electron chi connectivity index (χ4n) is 2.83. The van der Waals surface area contributed by atoms with Crippen molar-refractivity contribution in [3.63, 3.8) is 0 Å². The van der Waals surface area contributed by atoms with Crippen molar-refractivity contribution in [3.8, 4) is 5.75 Å². The average Bonchev–Trinajstić information content (AvgIpc) is 2.99. The maximum absolute atomic E-state index is 13.1. The van der Waals surface area contributed by atoms with Gasteiger partial charge in [-0.25, -0.2) is 12.4 Å². The van der Waals surface area contributed by atoms with Crippen LogP contribution < -0.4 is 4.74 Å². The van der Waals surface area contributed by atoms with Gasteiger partial charge in [0.05, 0.1) is 17.5 Å². The fraction of sp³-hybridized carbons (Fsp3) is 0.263. The molecule has 5 nitrogen and oxygen atoms in total. The van der Waals surface area contributed by atoms with E-state index in [1.165, 1.54) is 16.1 Å². The molecule has 2 aromatic carbocycles. The average molecular weight is 429 g/mol. The lowest BCUT2D eigenvalue weighted by Gasteiger charge is -2.08. The normalized spacial score (nSPS) is 11.6. The molecule has 0 amide bonds. The first-order valence-corrected chi connectivity index (χ1v) is 9.98. The smallest absolute Gasteiger partial charge is 0.268 e. The lowest BCUT2D eigenvalue weighted by atomic mass is 10.1. The summed E-state index contributed by atoms with van der Waals surface area (Å²) in [6.07, 6.45) is 2.44. The Balaban J connectivity index is 0.00000261. The Labute approximate surface area is 171 Å². The van der Waals surface area contributed by atoms with Crippen LogP contribution >= 0.6 is 24.0 Å². The molecular formula is C19H22Cl2N2O3S. The second-order valence-electron chi connectivity index (χ2n) is 6.35. The molecule has 0 aliphatic carbocycles. The molecule has 0 unspecified atom stereocenters. The lowest BCUT2D eigenvalue weighted by molar-refractivity contribution is 0.413. The Bertz CT molecular complexity index is 1030. The Morgan fingerprint density at radius 3 is 2.37 bits per heavy atom. The Morgan fingerprint density at radius 2 is 1.78 bits per heavy atom. The van der Waals surface area contributed by atoms with Gasteiger partial charge in [0.25, 0.3) is 10.0 Å². The van der Waals surface area contributed by atoms with E-state index < -0.39 is 10.0 Å². The van der Waals surface area contributed by atoms with Gasteiger partial charge >= 0.3 is 0 Å². The van der Waals surface area contributed by atoms with Crippen LogP contribution in [0.4, 0.5) is 0 Å². The van der Waals surface area contributed by atoms with Crippen molar-refractivity contribution < 1.29 is 13.2 Å². The zero-order chi connectivity index (χ0) is 18.9. The van der Waals surface area contributed by atoms with Crippen LogP contribution in [-0.2, 0) is 16.4 Å². The highest BCUT2D eigenvalue weighted by molar-refractivity contribution is 7.90. The van der Waals surface area contributed by atoms with Gasteiger partial charge in [0.1, 0.15) is 5.75 Å². The zero-order valence-electron chi connectivity index (χ0n) is 15.3. The molecule has 0 aliphatic rings. The van der Waals surface area contributed by atoms with Crippen molar-refractivity contribution in [2.24, 2.45) is 0 Å². The van der Waals surface area contributed by atoms with Gasteiger partial charge in [-0.3, -0.25) is 0 Å². The number of methoxy groups -OCH3 is 1. The van der Waals surface area contributed by atoms with E-state index in [1.807, 2.05) is 20.2 Å². The van der Waals surface area contributed by atoms with Crippen molar-refractivity contribution in [2.75, 3.05) is 27.7 Å². The van der Waals surface area contributed by atoms with Gasteiger partial charge in [0, 0.05) is 23.2 Å². The topological polar surface area (TPSA) is 51.5 Å².